The van der Waals surface area contributed by atoms with Gasteiger partial charge in [-0.15, -0.1) is 11.3 Å². The molecule has 0 saturated heterocycles. The summed E-state index contributed by atoms with van der Waals surface area (Å²) in [6.45, 7) is 8.01. The van der Waals surface area contributed by atoms with Crippen LogP contribution in [0.1, 0.15) is 25.2 Å². The number of fused-ring (bicyclic) bond motifs is 1. The van der Waals surface area contributed by atoms with Crippen molar-refractivity contribution in [2.75, 3.05) is 19.7 Å². The second kappa shape index (κ2) is 11.4. The number of nitrogens with one attached hydrogen (secondary N) is 1. The van der Waals surface area contributed by atoms with E-state index in [1.54, 1.807) is 0 Å². The van der Waals surface area contributed by atoms with Gasteiger partial charge in [0.05, 0.1) is 11.9 Å². The minimum Gasteiger partial charge on any atom is -0.491 e. The second-order valence-electron chi connectivity index (χ2n) is 9.17. The zero-order chi connectivity index (χ0) is 24.9. The van der Waals surface area contributed by atoms with Gasteiger partial charge in [0, 0.05) is 29.1 Å². The number of aromatic nitrogens is 2. The lowest BCUT2D eigenvalue weighted by Gasteiger charge is -2.26. The summed E-state index contributed by atoms with van der Waals surface area (Å²) in [6.07, 6.45) is -0.679. The molecule has 0 saturated carbocycles. The molecule has 0 fully saturated rings. The Bertz CT molecular complexity index is 1330. The number of aliphatic hydroxyl groups is 1. The average molecular weight is 512 g/mol. The number of thiophene rings is 1. The number of rotatable bonds is 10. The highest BCUT2D eigenvalue weighted by molar-refractivity contribution is 7.17. The highest BCUT2D eigenvalue weighted by Crippen LogP contribution is 2.31. The SMILES string of the molecule is Cc1ccccc1OC[C@H](O)CN(Cc1nc2scc(-c3ccc(Cl)cc3)c2c(=O)[nH]1)CC(C)C. The van der Waals surface area contributed by atoms with Gasteiger partial charge in [0.1, 0.15) is 29.1 Å². The van der Waals surface area contributed by atoms with Gasteiger partial charge < -0.3 is 14.8 Å². The van der Waals surface area contributed by atoms with Gasteiger partial charge in [-0.25, -0.2) is 4.98 Å². The summed E-state index contributed by atoms with van der Waals surface area (Å²) >= 11 is 7.46. The van der Waals surface area contributed by atoms with Gasteiger partial charge in [-0.2, -0.15) is 0 Å². The smallest absolute Gasteiger partial charge is 0.260 e. The second-order valence-corrected chi connectivity index (χ2v) is 10.5. The molecule has 4 aromatic rings. The Morgan fingerprint density at radius 2 is 1.89 bits per heavy atom. The Labute approximate surface area is 214 Å². The van der Waals surface area contributed by atoms with Crippen LogP contribution in [0.2, 0.25) is 5.02 Å². The maximum atomic E-state index is 13.0. The van der Waals surface area contributed by atoms with E-state index in [9.17, 15) is 9.90 Å². The van der Waals surface area contributed by atoms with Crippen molar-refractivity contribution < 1.29 is 9.84 Å². The minimum atomic E-state index is -0.679. The molecule has 0 amide bonds. The number of H-pyrrole nitrogens is 1. The van der Waals surface area contributed by atoms with Crippen molar-refractivity contribution in [3.63, 3.8) is 0 Å². The Morgan fingerprint density at radius 1 is 1.14 bits per heavy atom. The molecule has 0 aliphatic carbocycles. The summed E-state index contributed by atoms with van der Waals surface area (Å²) in [5, 5.41) is 13.9. The van der Waals surface area contributed by atoms with Crippen molar-refractivity contribution in [3.8, 4) is 16.9 Å². The van der Waals surface area contributed by atoms with Crippen LogP contribution in [-0.2, 0) is 6.54 Å². The third-order valence-electron chi connectivity index (χ3n) is 5.64. The minimum absolute atomic E-state index is 0.163. The number of ether oxygens (including phenoxy) is 1. The summed E-state index contributed by atoms with van der Waals surface area (Å²) in [6, 6.07) is 15.2. The van der Waals surface area contributed by atoms with Crippen LogP contribution in [0.4, 0.5) is 0 Å². The van der Waals surface area contributed by atoms with E-state index in [0.29, 0.717) is 40.1 Å². The molecule has 0 spiro atoms. The topological polar surface area (TPSA) is 78.5 Å². The third kappa shape index (κ3) is 6.49. The largest absolute Gasteiger partial charge is 0.491 e. The van der Waals surface area contributed by atoms with Gasteiger partial charge in [0.15, 0.2) is 0 Å². The lowest BCUT2D eigenvalue weighted by molar-refractivity contribution is 0.0604. The Balaban J connectivity index is 1.49. The van der Waals surface area contributed by atoms with Crippen molar-refractivity contribution >= 4 is 33.2 Å². The predicted molar refractivity (Wildman–Crippen MR) is 143 cm³/mol. The van der Waals surface area contributed by atoms with Crippen molar-refractivity contribution in [2.45, 2.75) is 33.4 Å². The van der Waals surface area contributed by atoms with Crippen LogP contribution in [0.5, 0.6) is 5.75 Å². The lowest BCUT2D eigenvalue weighted by Crippen LogP contribution is -2.38. The van der Waals surface area contributed by atoms with E-state index in [4.69, 9.17) is 21.3 Å². The quantitative estimate of drug-likeness (QED) is 0.293. The number of aryl methyl sites for hydroxylation is 1. The number of aliphatic hydroxyl groups excluding tert-OH is 1. The molecule has 0 aliphatic rings. The summed E-state index contributed by atoms with van der Waals surface area (Å²) in [7, 11) is 0. The molecule has 184 valence electrons. The molecule has 2 heterocycles. The molecule has 35 heavy (non-hydrogen) atoms. The molecule has 2 aromatic heterocycles. The fourth-order valence-corrected chi connectivity index (χ4v) is 5.19. The van der Waals surface area contributed by atoms with Gasteiger partial charge >= 0.3 is 0 Å². The van der Waals surface area contributed by atoms with E-state index in [1.807, 2.05) is 60.8 Å². The molecule has 0 unspecified atom stereocenters. The first kappa shape index (κ1) is 25.4. The van der Waals surface area contributed by atoms with Gasteiger partial charge in [-0.1, -0.05) is 55.8 Å². The van der Waals surface area contributed by atoms with E-state index in [1.165, 1.54) is 11.3 Å². The Morgan fingerprint density at radius 3 is 2.60 bits per heavy atom. The third-order valence-corrected chi connectivity index (χ3v) is 6.76. The molecule has 8 heteroatoms. The monoisotopic (exact) mass is 511 g/mol. The summed E-state index contributed by atoms with van der Waals surface area (Å²) in [5.74, 6) is 1.74. The van der Waals surface area contributed by atoms with Crippen molar-refractivity contribution in [3.05, 3.63) is 80.7 Å². The van der Waals surface area contributed by atoms with Crippen LogP contribution in [0, 0.1) is 12.8 Å². The first-order valence-electron chi connectivity index (χ1n) is 11.7. The number of para-hydroxylation sites is 1. The molecule has 0 bridgehead atoms. The number of benzene rings is 2. The molecule has 1 atom stereocenters. The summed E-state index contributed by atoms with van der Waals surface area (Å²) < 4.78 is 5.83. The van der Waals surface area contributed by atoms with E-state index in [-0.39, 0.29) is 12.2 Å². The van der Waals surface area contributed by atoms with E-state index < -0.39 is 6.10 Å². The van der Waals surface area contributed by atoms with Crippen LogP contribution in [0.15, 0.2) is 58.7 Å². The summed E-state index contributed by atoms with van der Waals surface area (Å²) in [4.78, 5) is 23.5. The first-order chi connectivity index (χ1) is 16.8. The van der Waals surface area contributed by atoms with Gasteiger partial charge in [0.25, 0.3) is 5.56 Å². The van der Waals surface area contributed by atoms with Crippen LogP contribution in [0.3, 0.4) is 0 Å². The van der Waals surface area contributed by atoms with Gasteiger partial charge in [-0.3, -0.25) is 9.69 Å². The molecular formula is C27H30ClN3O3S. The highest BCUT2D eigenvalue weighted by atomic mass is 35.5. The molecule has 0 radical (unpaired) electrons. The molecule has 2 N–H and O–H groups in total. The molecule has 2 aromatic carbocycles. The highest BCUT2D eigenvalue weighted by Gasteiger charge is 2.18. The van der Waals surface area contributed by atoms with Crippen molar-refractivity contribution in [1.29, 1.82) is 0 Å². The number of nitrogens with zero attached hydrogens (tertiary/aromatic N) is 2. The van der Waals surface area contributed by atoms with Gasteiger partial charge in [0.2, 0.25) is 0 Å². The Kier molecular flexibility index (Phi) is 8.23. The van der Waals surface area contributed by atoms with Crippen molar-refractivity contribution in [2.24, 2.45) is 5.92 Å². The lowest BCUT2D eigenvalue weighted by atomic mass is 10.1. The Hall–Kier alpha value is -2.71. The van der Waals surface area contributed by atoms with Gasteiger partial charge in [-0.05, 0) is 42.2 Å². The number of hydrogen-bond donors (Lipinski definition) is 2. The molecule has 4 rings (SSSR count). The van der Waals surface area contributed by atoms with Crippen LogP contribution >= 0.6 is 22.9 Å². The molecular weight excluding hydrogens is 482 g/mol. The molecule has 0 aliphatic heterocycles. The van der Waals surface area contributed by atoms with Crippen LogP contribution < -0.4 is 10.3 Å². The maximum absolute atomic E-state index is 13.0. The fraction of sp³-hybridized carbons (Fsp3) is 0.333. The first-order valence-corrected chi connectivity index (χ1v) is 12.9. The van der Waals surface area contributed by atoms with Crippen molar-refractivity contribution in [1.82, 2.24) is 14.9 Å². The standard InChI is InChI=1S/C27H30ClN3O3S/c1-17(2)12-31(13-21(32)15-34-23-7-5-4-6-18(23)3)14-24-29-26(33)25-22(16-35-27(25)30-24)19-8-10-20(28)11-9-19/h4-11,16-17,21,32H,12-15H2,1-3H3,(H,29,30,33)/t21-/m1/s1. The predicted octanol–water partition coefficient (Wildman–Crippen LogP) is 5.51. The number of hydrogen-bond acceptors (Lipinski definition) is 6. The maximum Gasteiger partial charge on any atom is 0.260 e. The number of aromatic amines is 1. The normalized spacial score (nSPS) is 12.5. The summed E-state index contributed by atoms with van der Waals surface area (Å²) in [5.41, 5.74) is 2.65. The van der Waals surface area contributed by atoms with E-state index >= 15 is 0 Å². The fourth-order valence-electron chi connectivity index (χ4n) is 4.10. The van der Waals surface area contributed by atoms with E-state index in [2.05, 4.69) is 23.7 Å². The van der Waals surface area contributed by atoms with E-state index in [0.717, 1.165) is 29.0 Å². The zero-order valence-corrected chi connectivity index (χ0v) is 21.7. The van der Waals surface area contributed by atoms with Crippen LogP contribution in [-0.4, -0.2) is 45.8 Å². The molecule has 6 nitrogen and oxygen atoms in total. The van der Waals surface area contributed by atoms with Crippen LogP contribution in [0.25, 0.3) is 21.3 Å². The zero-order valence-electron chi connectivity index (χ0n) is 20.1. The number of halogens is 1. The average Bonchev–Trinajstić information content (AvgIpc) is 3.23.